The smallest absolute Gasteiger partial charge is 0.220 e. The number of carbonyl (C=O) groups is 1. The van der Waals surface area contributed by atoms with Gasteiger partial charge >= 0.3 is 0 Å². The van der Waals surface area contributed by atoms with Gasteiger partial charge in [-0.15, -0.1) is 0 Å². The Hall–Kier alpha value is -3.29. The maximum atomic E-state index is 13.4. The summed E-state index contributed by atoms with van der Waals surface area (Å²) in [6, 6.07) is -1.00. The summed E-state index contributed by atoms with van der Waals surface area (Å²) >= 11 is 0. The van der Waals surface area contributed by atoms with Gasteiger partial charge in [-0.25, -0.2) is 0 Å². The fourth-order valence-corrected chi connectivity index (χ4v) is 12.4. The summed E-state index contributed by atoms with van der Waals surface area (Å²) in [7, 11) is 0. The number of amides is 1. The van der Waals surface area contributed by atoms with E-state index in [1.807, 2.05) is 6.08 Å². The molecule has 0 aliphatic carbocycles. The van der Waals surface area contributed by atoms with Gasteiger partial charge in [0.05, 0.1) is 38.6 Å². The van der Waals surface area contributed by atoms with E-state index in [4.69, 9.17) is 28.4 Å². The molecule has 1 amide bonds. The van der Waals surface area contributed by atoms with Gasteiger partial charge in [-0.1, -0.05) is 265 Å². The van der Waals surface area contributed by atoms with Crippen LogP contribution in [-0.2, 0) is 33.2 Å². The Bertz CT molecular complexity index is 2150. The Labute approximate surface area is 590 Å². The molecule has 3 saturated heterocycles. The molecule has 3 heterocycles. The van der Waals surface area contributed by atoms with Crippen molar-refractivity contribution in [3.8, 4) is 0 Å². The molecule has 17 unspecified atom stereocenters. The van der Waals surface area contributed by atoms with Gasteiger partial charge in [0.25, 0.3) is 0 Å². The van der Waals surface area contributed by atoms with Crippen LogP contribution in [-0.4, -0.2) is 193 Å². The van der Waals surface area contributed by atoms with E-state index in [1.165, 1.54) is 154 Å². The Morgan fingerprint density at radius 1 is 0.378 bits per heavy atom. The van der Waals surface area contributed by atoms with Crippen LogP contribution in [0, 0.1) is 0 Å². The SMILES string of the molecule is CC/C=C\C/C=C\C/C=C\C/C=C\C/C=C\CCCCCCCCCCCCCCCCCCCCCC(=O)NC(COC1OC(CO)C(OC2OC(CO)C(OC3OC(CO)C(O)C(O)C3O)C(O)C2O)C(O)C1O)C(O)/C=C/CC/C=C/CC/C=C/CCCCCCCCCC. The standard InChI is InChI=1S/C79H137NO18/c1-3-5-7-9-11-13-15-17-19-21-23-24-25-26-27-28-29-30-31-32-33-34-35-36-37-38-39-41-43-45-47-49-51-53-55-57-67(85)80-62(63(84)56-54-52-50-48-46-44-42-40-22-20-18-16-14-12-10-8-6-4-2)61-93-77-73(91)70(88)75(65(59-82)95-77)98-79-74(92)71(89)76(66(60-83)96-79)97-78-72(90)69(87)68(86)64(58-81)94-78/h5,7,11,13,17,19,22-24,26-27,40,46,48,54,56,62-66,68-79,81-84,86-92H,3-4,6,8-10,12,14-16,18,20-21,25,28-39,41-45,47,49-53,55,57-61H2,1-2H3,(H,80,85)/b7-5-,13-11-,19-17-,24-23-,27-26-,40-22+,48-46+,56-54+. The monoisotopic (exact) mass is 1390 g/mol. The van der Waals surface area contributed by atoms with Crippen molar-refractivity contribution in [3.05, 3.63) is 97.2 Å². The van der Waals surface area contributed by atoms with Crippen molar-refractivity contribution in [1.82, 2.24) is 5.32 Å². The van der Waals surface area contributed by atoms with Crippen LogP contribution in [0.1, 0.15) is 264 Å². The maximum Gasteiger partial charge on any atom is 0.220 e. The molecule has 0 aromatic heterocycles. The third-order valence-corrected chi connectivity index (χ3v) is 18.6. The van der Waals surface area contributed by atoms with Gasteiger partial charge in [0, 0.05) is 6.42 Å². The summed E-state index contributed by atoms with van der Waals surface area (Å²) in [5.41, 5.74) is 0. The second-order valence-corrected chi connectivity index (χ2v) is 27.1. The molecule has 3 rings (SSSR count). The summed E-state index contributed by atoms with van der Waals surface area (Å²) in [6.07, 6.45) is 52.5. The molecule has 0 aromatic carbocycles. The fraction of sp³-hybridized carbons (Fsp3) is 0.785. The van der Waals surface area contributed by atoms with Crippen LogP contribution >= 0.6 is 0 Å². The molecule has 3 aliphatic rings. The van der Waals surface area contributed by atoms with E-state index >= 15 is 0 Å². The maximum absolute atomic E-state index is 13.4. The lowest BCUT2D eigenvalue weighted by molar-refractivity contribution is -0.379. The predicted octanol–water partition coefficient (Wildman–Crippen LogP) is 12.0. The molecule has 19 nitrogen and oxygen atoms in total. The summed E-state index contributed by atoms with van der Waals surface area (Å²) in [5.74, 6) is -0.290. The number of allylic oxidation sites excluding steroid dienone is 15. The number of carbonyl (C=O) groups excluding carboxylic acids is 1. The third-order valence-electron chi connectivity index (χ3n) is 18.6. The second-order valence-electron chi connectivity index (χ2n) is 27.1. The zero-order valence-electron chi connectivity index (χ0n) is 60.2. The van der Waals surface area contributed by atoms with Crippen LogP contribution in [0.15, 0.2) is 97.2 Å². The first-order chi connectivity index (χ1) is 47.8. The van der Waals surface area contributed by atoms with E-state index in [0.29, 0.717) is 12.8 Å². The quantitative estimate of drug-likeness (QED) is 0.0199. The van der Waals surface area contributed by atoms with E-state index in [0.717, 1.165) is 77.0 Å². The second kappa shape index (κ2) is 59.1. The third kappa shape index (κ3) is 39.4. The molecule has 98 heavy (non-hydrogen) atoms. The van der Waals surface area contributed by atoms with Crippen LogP contribution in [0.4, 0.5) is 0 Å². The Balaban J connectivity index is 1.36. The van der Waals surface area contributed by atoms with Crippen molar-refractivity contribution < 1.29 is 89.4 Å². The predicted molar refractivity (Wildman–Crippen MR) is 387 cm³/mol. The minimum Gasteiger partial charge on any atom is -0.394 e. The molecule has 17 atom stereocenters. The van der Waals surface area contributed by atoms with Gasteiger partial charge in [-0.2, -0.15) is 0 Å². The lowest BCUT2D eigenvalue weighted by Gasteiger charge is -2.48. The average Bonchev–Trinajstić information content (AvgIpc) is 0.785. The number of ether oxygens (including phenoxy) is 6. The van der Waals surface area contributed by atoms with Gasteiger partial charge in [0.15, 0.2) is 18.9 Å². The van der Waals surface area contributed by atoms with E-state index < -0.39 is 124 Å². The highest BCUT2D eigenvalue weighted by molar-refractivity contribution is 5.76. The molecule has 12 N–H and O–H groups in total. The molecule has 0 saturated carbocycles. The van der Waals surface area contributed by atoms with Gasteiger partial charge in [0.1, 0.15) is 73.2 Å². The Morgan fingerprint density at radius 2 is 0.714 bits per heavy atom. The first-order valence-corrected chi connectivity index (χ1v) is 38.5. The summed E-state index contributed by atoms with van der Waals surface area (Å²) in [5, 5.41) is 121. The van der Waals surface area contributed by atoms with Crippen molar-refractivity contribution in [1.29, 1.82) is 0 Å². The average molecular weight is 1390 g/mol. The molecule has 0 radical (unpaired) electrons. The first-order valence-electron chi connectivity index (χ1n) is 38.5. The highest BCUT2D eigenvalue weighted by atomic mass is 16.8. The lowest BCUT2D eigenvalue weighted by atomic mass is 9.96. The topological polar surface area (TPSA) is 307 Å². The molecule has 3 fully saturated rings. The zero-order chi connectivity index (χ0) is 71.1. The van der Waals surface area contributed by atoms with E-state index in [1.54, 1.807) is 6.08 Å². The van der Waals surface area contributed by atoms with Crippen molar-refractivity contribution >= 4 is 5.91 Å². The van der Waals surface area contributed by atoms with Crippen LogP contribution in [0.2, 0.25) is 0 Å². The number of aliphatic hydroxyl groups excluding tert-OH is 11. The number of hydrogen-bond donors (Lipinski definition) is 12. The van der Waals surface area contributed by atoms with Crippen LogP contribution in [0.3, 0.4) is 0 Å². The molecule has 3 aliphatic heterocycles. The van der Waals surface area contributed by atoms with Crippen LogP contribution in [0.5, 0.6) is 0 Å². The fourth-order valence-electron chi connectivity index (χ4n) is 12.4. The number of rotatable bonds is 59. The minimum atomic E-state index is -1.99. The summed E-state index contributed by atoms with van der Waals surface area (Å²) in [6.45, 7) is 1.60. The molecule has 566 valence electrons. The highest BCUT2D eigenvalue weighted by Crippen LogP contribution is 2.33. The number of aliphatic hydroxyl groups is 11. The van der Waals surface area contributed by atoms with Crippen LogP contribution < -0.4 is 5.32 Å². The molecule has 19 heteroatoms. The van der Waals surface area contributed by atoms with E-state index in [9.17, 15) is 61.0 Å². The number of hydrogen-bond acceptors (Lipinski definition) is 18. The molecule has 0 spiro atoms. The van der Waals surface area contributed by atoms with Crippen molar-refractivity contribution in [2.75, 3.05) is 26.4 Å². The summed E-state index contributed by atoms with van der Waals surface area (Å²) in [4.78, 5) is 13.4. The van der Waals surface area contributed by atoms with Gasteiger partial charge in [0.2, 0.25) is 5.91 Å². The van der Waals surface area contributed by atoms with Crippen molar-refractivity contribution in [2.45, 2.75) is 369 Å². The largest absolute Gasteiger partial charge is 0.394 e. The zero-order valence-corrected chi connectivity index (χ0v) is 60.2. The van der Waals surface area contributed by atoms with Gasteiger partial charge in [-0.3, -0.25) is 4.79 Å². The lowest BCUT2D eigenvalue weighted by Crippen LogP contribution is -2.66. The van der Waals surface area contributed by atoms with Crippen LogP contribution in [0.25, 0.3) is 0 Å². The normalized spacial score (nSPS) is 27.3. The minimum absolute atomic E-state index is 0.230. The highest BCUT2D eigenvalue weighted by Gasteiger charge is 2.53. The first kappa shape index (κ1) is 88.9. The number of nitrogens with one attached hydrogen (secondary N) is 1. The molecule has 0 aromatic rings. The Morgan fingerprint density at radius 3 is 1.14 bits per heavy atom. The molecular weight excluding hydrogens is 1250 g/mol. The Kier molecular flexibility index (Phi) is 53.7. The van der Waals surface area contributed by atoms with E-state index in [2.05, 4.69) is 104 Å². The van der Waals surface area contributed by atoms with Gasteiger partial charge < -0.3 is 89.9 Å². The molecular formula is C79H137NO18. The molecule has 0 bridgehead atoms. The number of unbranched alkanes of at least 4 members (excludes halogenated alkanes) is 29. The van der Waals surface area contributed by atoms with Crippen molar-refractivity contribution in [2.24, 2.45) is 0 Å². The summed E-state index contributed by atoms with van der Waals surface area (Å²) < 4.78 is 34.4. The van der Waals surface area contributed by atoms with E-state index in [-0.39, 0.29) is 18.9 Å². The van der Waals surface area contributed by atoms with Crippen molar-refractivity contribution in [3.63, 3.8) is 0 Å². The van der Waals surface area contributed by atoms with Gasteiger partial charge in [-0.05, 0) is 89.9 Å².